The number of hydrogen-bond donors (Lipinski definition) is 0. The fourth-order valence-electron chi connectivity index (χ4n) is 1.38. The third-order valence-electron chi connectivity index (χ3n) is 2.16. The molecule has 2 aromatic carbocycles. The predicted molar refractivity (Wildman–Crippen MR) is 86.8 cm³/mol. The van der Waals surface area contributed by atoms with Crippen LogP contribution in [0.2, 0.25) is 0 Å². The highest BCUT2D eigenvalue weighted by atomic mass is 127. The van der Waals surface area contributed by atoms with E-state index in [1.165, 1.54) is 27.0 Å². The minimum absolute atomic E-state index is 1.33. The molecule has 0 bridgehead atoms. The van der Waals surface area contributed by atoms with Gasteiger partial charge in [0.25, 0.3) is 0 Å². The normalized spacial score (nSPS) is 10.9. The number of halogens is 3. The van der Waals surface area contributed by atoms with E-state index in [1.807, 2.05) is 0 Å². The molecule has 0 fully saturated rings. The van der Waals surface area contributed by atoms with Crippen LogP contribution < -0.4 is 0 Å². The SMILES string of the molecule is Cc1cc2cc(I)c(I)cc2cc1I. The second kappa shape index (κ2) is 4.40. The third-order valence-corrected chi connectivity index (χ3v) is 6.14. The predicted octanol–water partition coefficient (Wildman–Crippen LogP) is 4.96. The van der Waals surface area contributed by atoms with Gasteiger partial charge in [0.05, 0.1) is 0 Å². The summed E-state index contributed by atoms with van der Waals surface area (Å²) >= 11 is 7.15. The number of aryl methyl sites for hydroxylation is 1. The van der Waals surface area contributed by atoms with Crippen molar-refractivity contribution in [1.29, 1.82) is 0 Å². The molecule has 0 aliphatic carbocycles. The van der Waals surface area contributed by atoms with Crippen molar-refractivity contribution < 1.29 is 0 Å². The first-order valence-electron chi connectivity index (χ1n) is 4.13. The summed E-state index contributed by atoms with van der Waals surface area (Å²) in [5.74, 6) is 0. The van der Waals surface area contributed by atoms with Gasteiger partial charge in [-0.05, 0) is 109 Å². The number of benzene rings is 2. The molecule has 0 aliphatic heterocycles. The molecular weight excluding hydrogens is 513 g/mol. The fourth-order valence-corrected chi connectivity index (χ4v) is 2.85. The number of rotatable bonds is 0. The van der Waals surface area contributed by atoms with Crippen LogP contribution in [-0.2, 0) is 0 Å². The van der Waals surface area contributed by atoms with Gasteiger partial charge in [0.15, 0.2) is 0 Å². The Balaban J connectivity index is 2.83. The average molecular weight is 520 g/mol. The van der Waals surface area contributed by atoms with Crippen LogP contribution in [0.5, 0.6) is 0 Å². The van der Waals surface area contributed by atoms with E-state index in [4.69, 9.17) is 0 Å². The van der Waals surface area contributed by atoms with Crippen LogP contribution in [0.3, 0.4) is 0 Å². The maximum Gasteiger partial charge on any atom is 0.0270 e. The van der Waals surface area contributed by atoms with E-state index < -0.39 is 0 Å². The molecule has 0 heterocycles. The molecule has 0 aliphatic rings. The zero-order chi connectivity index (χ0) is 10.3. The molecule has 0 spiro atoms. The van der Waals surface area contributed by atoms with E-state index >= 15 is 0 Å². The quantitative estimate of drug-likeness (QED) is 0.432. The fraction of sp³-hybridized carbons (Fsp3) is 0.0909. The Morgan fingerprint density at radius 3 is 1.71 bits per heavy atom. The summed E-state index contributed by atoms with van der Waals surface area (Å²) in [6, 6.07) is 9.01. The second-order valence-corrected chi connectivity index (χ2v) is 6.70. The first-order chi connectivity index (χ1) is 6.58. The summed E-state index contributed by atoms with van der Waals surface area (Å²) in [6.45, 7) is 2.16. The van der Waals surface area contributed by atoms with Gasteiger partial charge in [0, 0.05) is 10.7 Å². The highest BCUT2D eigenvalue weighted by molar-refractivity contribution is 14.1. The maximum atomic E-state index is 2.39. The zero-order valence-corrected chi connectivity index (χ0v) is 13.9. The van der Waals surface area contributed by atoms with Crippen LogP contribution in [0, 0.1) is 17.6 Å². The van der Waals surface area contributed by atoms with Gasteiger partial charge >= 0.3 is 0 Å². The minimum atomic E-state index is 1.33. The molecule has 0 unspecified atom stereocenters. The molecule has 0 radical (unpaired) electrons. The van der Waals surface area contributed by atoms with E-state index in [0.29, 0.717) is 0 Å². The Morgan fingerprint density at radius 1 is 0.714 bits per heavy atom. The first kappa shape index (κ1) is 11.4. The monoisotopic (exact) mass is 520 g/mol. The van der Waals surface area contributed by atoms with Crippen molar-refractivity contribution in [2.45, 2.75) is 6.92 Å². The molecule has 3 heteroatoms. The van der Waals surface area contributed by atoms with Gasteiger partial charge in [-0.1, -0.05) is 6.07 Å². The third kappa shape index (κ3) is 2.18. The van der Waals surface area contributed by atoms with Crippen LogP contribution in [0.1, 0.15) is 5.56 Å². The molecule has 2 aromatic rings. The van der Waals surface area contributed by atoms with Gasteiger partial charge in [-0.25, -0.2) is 0 Å². The van der Waals surface area contributed by atoms with E-state index in [1.54, 1.807) is 0 Å². The summed E-state index contributed by atoms with van der Waals surface area (Å²) in [5, 5.41) is 2.68. The van der Waals surface area contributed by atoms with Crippen LogP contribution >= 0.6 is 67.8 Å². The van der Waals surface area contributed by atoms with Crippen molar-refractivity contribution in [2.75, 3.05) is 0 Å². The molecular formula is C11H7I3. The van der Waals surface area contributed by atoms with Crippen molar-refractivity contribution in [3.8, 4) is 0 Å². The van der Waals surface area contributed by atoms with Crippen LogP contribution in [0.4, 0.5) is 0 Å². The summed E-state index contributed by atoms with van der Waals surface area (Å²) in [6.07, 6.45) is 0. The van der Waals surface area contributed by atoms with Crippen molar-refractivity contribution in [3.05, 3.63) is 40.5 Å². The summed E-state index contributed by atoms with van der Waals surface area (Å²) in [4.78, 5) is 0. The van der Waals surface area contributed by atoms with Crippen molar-refractivity contribution in [2.24, 2.45) is 0 Å². The van der Waals surface area contributed by atoms with E-state index in [2.05, 4.69) is 99.0 Å². The molecule has 0 amide bonds. The van der Waals surface area contributed by atoms with Gasteiger partial charge in [-0.3, -0.25) is 0 Å². The van der Waals surface area contributed by atoms with Crippen LogP contribution in [-0.4, -0.2) is 0 Å². The second-order valence-electron chi connectivity index (χ2n) is 3.21. The summed E-state index contributed by atoms with van der Waals surface area (Å²) in [5.41, 5.74) is 1.36. The molecule has 14 heavy (non-hydrogen) atoms. The van der Waals surface area contributed by atoms with Crippen molar-refractivity contribution in [1.82, 2.24) is 0 Å². The maximum absolute atomic E-state index is 2.39. The van der Waals surface area contributed by atoms with Gasteiger partial charge in [-0.2, -0.15) is 0 Å². The number of fused-ring (bicyclic) bond motifs is 1. The topological polar surface area (TPSA) is 0 Å². The minimum Gasteiger partial charge on any atom is -0.0503 e. The molecule has 0 saturated heterocycles. The highest BCUT2D eigenvalue weighted by Gasteiger charge is 2.02. The lowest BCUT2D eigenvalue weighted by Crippen LogP contribution is -1.85. The first-order valence-corrected chi connectivity index (χ1v) is 7.36. The molecule has 0 aromatic heterocycles. The Labute approximate surface area is 124 Å². The van der Waals surface area contributed by atoms with Gasteiger partial charge in [-0.15, -0.1) is 0 Å². The largest absolute Gasteiger partial charge is 0.0503 e. The van der Waals surface area contributed by atoms with Gasteiger partial charge in [0.2, 0.25) is 0 Å². The lowest BCUT2D eigenvalue weighted by Gasteiger charge is -2.04. The Bertz CT molecular complexity index is 414. The molecule has 72 valence electrons. The smallest absolute Gasteiger partial charge is 0.0270 e. The van der Waals surface area contributed by atoms with E-state index in [-0.39, 0.29) is 0 Å². The van der Waals surface area contributed by atoms with Gasteiger partial charge in [0.1, 0.15) is 0 Å². The molecule has 2 rings (SSSR count). The standard InChI is InChI=1S/C11H7I3/c1-6-2-7-4-10(13)11(14)5-8(7)3-9(6)12/h2-5H,1H3. The van der Waals surface area contributed by atoms with E-state index in [0.717, 1.165) is 0 Å². The molecule has 0 N–H and O–H groups in total. The van der Waals surface area contributed by atoms with Crippen LogP contribution in [0.15, 0.2) is 24.3 Å². The Morgan fingerprint density at radius 2 is 1.14 bits per heavy atom. The van der Waals surface area contributed by atoms with Gasteiger partial charge < -0.3 is 0 Å². The van der Waals surface area contributed by atoms with Crippen molar-refractivity contribution >= 4 is 78.5 Å². The average Bonchev–Trinajstić information content (AvgIpc) is 2.11. The summed E-state index contributed by atoms with van der Waals surface area (Å²) in [7, 11) is 0. The Hall–Kier alpha value is 0.890. The Kier molecular flexibility index (Phi) is 3.58. The lowest BCUT2D eigenvalue weighted by molar-refractivity contribution is 1.45. The van der Waals surface area contributed by atoms with E-state index in [9.17, 15) is 0 Å². The van der Waals surface area contributed by atoms with Crippen LogP contribution in [0.25, 0.3) is 10.8 Å². The molecule has 0 nitrogen and oxygen atoms in total. The zero-order valence-electron chi connectivity index (χ0n) is 7.44. The summed E-state index contributed by atoms with van der Waals surface area (Å²) < 4.78 is 4.00. The number of hydrogen-bond acceptors (Lipinski definition) is 0. The van der Waals surface area contributed by atoms with Crippen molar-refractivity contribution in [3.63, 3.8) is 0 Å². The highest BCUT2D eigenvalue weighted by Crippen LogP contribution is 2.26. The lowest BCUT2D eigenvalue weighted by atomic mass is 10.1. The molecule has 0 atom stereocenters. The molecule has 0 saturated carbocycles.